The molecule has 0 radical (unpaired) electrons. The van der Waals surface area contributed by atoms with Gasteiger partial charge in [-0.25, -0.2) is 0 Å². The Morgan fingerprint density at radius 3 is 2.53 bits per heavy atom. The fourth-order valence-electron chi connectivity index (χ4n) is 1.43. The van der Waals surface area contributed by atoms with Gasteiger partial charge in [0, 0.05) is 24.7 Å². The van der Waals surface area contributed by atoms with E-state index in [1.54, 1.807) is 23.7 Å². The molecule has 5 heteroatoms. The molecule has 0 saturated carbocycles. The van der Waals surface area contributed by atoms with Crippen molar-refractivity contribution in [2.45, 2.75) is 10.9 Å². The predicted octanol–water partition coefficient (Wildman–Crippen LogP) is 1.34. The van der Waals surface area contributed by atoms with E-state index in [-0.39, 0.29) is 12.5 Å². The van der Waals surface area contributed by atoms with Crippen molar-refractivity contribution in [1.82, 2.24) is 0 Å². The SMILES string of the molecule is COCC(N)C(=O)N(C)c1ccc(SC)cc1. The number of nitrogens with two attached hydrogens (primary N) is 1. The second-order valence-corrected chi connectivity index (χ2v) is 4.54. The molecule has 0 aromatic heterocycles. The Morgan fingerprint density at radius 2 is 2.06 bits per heavy atom. The predicted molar refractivity (Wildman–Crippen MR) is 71.5 cm³/mol. The lowest BCUT2D eigenvalue weighted by Crippen LogP contribution is -2.44. The lowest BCUT2D eigenvalue weighted by Gasteiger charge is -2.21. The van der Waals surface area contributed by atoms with Gasteiger partial charge in [-0.15, -0.1) is 11.8 Å². The zero-order chi connectivity index (χ0) is 12.8. The van der Waals surface area contributed by atoms with Crippen LogP contribution in [0.2, 0.25) is 0 Å². The third-order valence-corrected chi connectivity index (χ3v) is 3.20. The van der Waals surface area contributed by atoms with Crippen LogP contribution in [0.1, 0.15) is 0 Å². The molecule has 1 atom stereocenters. The second kappa shape index (κ2) is 6.64. The first kappa shape index (κ1) is 14.0. The number of nitrogens with zero attached hydrogens (tertiary/aromatic N) is 1. The zero-order valence-electron chi connectivity index (χ0n) is 10.3. The van der Waals surface area contributed by atoms with Gasteiger partial charge in [0.05, 0.1) is 6.61 Å². The molecule has 94 valence electrons. The van der Waals surface area contributed by atoms with Crippen LogP contribution in [0.3, 0.4) is 0 Å². The summed E-state index contributed by atoms with van der Waals surface area (Å²) < 4.78 is 4.87. The lowest BCUT2D eigenvalue weighted by molar-refractivity contribution is -0.120. The molecule has 0 aliphatic carbocycles. The van der Waals surface area contributed by atoms with E-state index in [0.29, 0.717) is 0 Å². The summed E-state index contributed by atoms with van der Waals surface area (Å²) in [5, 5.41) is 0. The first-order valence-electron chi connectivity index (χ1n) is 5.26. The van der Waals surface area contributed by atoms with E-state index >= 15 is 0 Å². The van der Waals surface area contributed by atoms with Crippen LogP contribution in [0.25, 0.3) is 0 Å². The molecular weight excluding hydrogens is 236 g/mol. The second-order valence-electron chi connectivity index (χ2n) is 3.66. The maximum absolute atomic E-state index is 11.9. The van der Waals surface area contributed by atoms with Crippen molar-refractivity contribution in [1.29, 1.82) is 0 Å². The topological polar surface area (TPSA) is 55.6 Å². The van der Waals surface area contributed by atoms with Crippen molar-refractivity contribution in [3.63, 3.8) is 0 Å². The van der Waals surface area contributed by atoms with Crippen LogP contribution in [-0.2, 0) is 9.53 Å². The fraction of sp³-hybridized carbons (Fsp3) is 0.417. The van der Waals surface area contributed by atoms with E-state index in [1.165, 1.54) is 7.11 Å². The Hall–Kier alpha value is -1.04. The van der Waals surface area contributed by atoms with Gasteiger partial charge in [0.25, 0.3) is 0 Å². The van der Waals surface area contributed by atoms with Crippen LogP contribution in [-0.4, -0.2) is 39.0 Å². The van der Waals surface area contributed by atoms with E-state index in [4.69, 9.17) is 10.5 Å². The third kappa shape index (κ3) is 3.73. The number of carbonyl (C=O) groups excluding carboxylic acids is 1. The summed E-state index contributed by atoms with van der Waals surface area (Å²) in [6, 6.07) is 7.15. The van der Waals surface area contributed by atoms with Gasteiger partial charge in [0.2, 0.25) is 5.91 Å². The van der Waals surface area contributed by atoms with Crippen LogP contribution < -0.4 is 10.6 Å². The first-order chi connectivity index (χ1) is 8.10. The maximum Gasteiger partial charge on any atom is 0.246 e. The minimum atomic E-state index is -0.620. The molecule has 4 nitrogen and oxygen atoms in total. The van der Waals surface area contributed by atoms with Crippen LogP contribution in [0.15, 0.2) is 29.2 Å². The highest BCUT2D eigenvalue weighted by atomic mass is 32.2. The van der Waals surface area contributed by atoms with Crippen molar-refractivity contribution in [2.24, 2.45) is 5.73 Å². The molecule has 1 rings (SSSR count). The standard InChI is InChI=1S/C12H18N2O2S/c1-14(12(15)11(13)8-16-2)9-4-6-10(17-3)7-5-9/h4-7,11H,8,13H2,1-3H3. The molecular formula is C12H18N2O2S. The van der Waals surface area contributed by atoms with Crippen molar-refractivity contribution in [3.05, 3.63) is 24.3 Å². The number of likely N-dealkylation sites (N-methyl/N-ethyl adjacent to an activating group) is 1. The number of thioether (sulfide) groups is 1. The number of ether oxygens (including phenoxy) is 1. The molecule has 0 aliphatic heterocycles. The van der Waals surface area contributed by atoms with Gasteiger partial charge in [-0.2, -0.15) is 0 Å². The average molecular weight is 254 g/mol. The van der Waals surface area contributed by atoms with Gasteiger partial charge in [0.1, 0.15) is 6.04 Å². The van der Waals surface area contributed by atoms with Gasteiger partial charge in [-0.1, -0.05) is 0 Å². The highest BCUT2D eigenvalue weighted by Crippen LogP contribution is 2.20. The van der Waals surface area contributed by atoms with Crippen molar-refractivity contribution >= 4 is 23.4 Å². The van der Waals surface area contributed by atoms with E-state index in [2.05, 4.69) is 0 Å². The molecule has 1 aromatic rings. The molecule has 0 saturated heterocycles. The Balaban J connectivity index is 2.74. The average Bonchev–Trinajstić information content (AvgIpc) is 2.37. The summed E-state index contributed by atoms with van der Waals surface area (Å²) in [7, 11) is 3.24. The summed E-state index contributed by atoms with van der Waals surface area (Å²) in [6.45, 7) is 0.228. The number of amides is 1. The van der Waals surface area contributed by atoms with Crippen molar-refractivity contribution in [3.8, 4) is 0 Å². The van der Waals surface area contributed by atoms with Crippen molar-refractivity contribution in [2.75, 3.05) is 31.9 Å². The number of rotatable bonds is 5. The largest absolute Gasteiger partial charge is 0.383 e. The minimum absolute atomic E-state index is 0.149. The minimum Gasteiger partial charge on any atom is -0.383 e. The molecule has 0 aliphatic rings. The number of anilines is 1. The highest BCUT2D eigenvalue weighted by molar-refractivity contribution is 7.98. The van der Waals surface area contributed by atoms with Crippen LogP contribution in [0, 0.1) is 0 Å². The molecule has 1 aromatic carbocycles. The summed E-state index contributed by atoms with van der Waals surface area (Å²) in [6.07, 6.45) is 2.01. The fourth-order valence-corrected chi connectivity index (χ4v) is 1.84. The Kier molecular flexibility index (Phi) is 5.47. The summed E-state index contributed by atoms with van der Waals surface area (Å²) in [4.78, 5) is 14.6. The van der Waals surface area contributed by atoms with Crippen LogP contribution in [0.4, 0.5) is 5.69 Å². The molecule has 0 spiro atoms. The maximum atomic E-state index is 11.9. The first-order valence-corrected chi connectivity index (χ1v) is 6.48. The van der Waals surface area contributed by atoms with E-state index in [9.17, 15) is 4.79 Å². The molecule has 0 fully saturated rings. The molecule has 0 heterocycles. The number of hydrogen-bond donors (Lipinski definition) is 1. The van der Waals surface area contributed by atoms with Gasteiger partial charge in [-0.3, -0.25) is 4.79 Å². The highest BCUT2D eigenvalue weighted by Gasteiger charge is 2.18. The van der Waals surface area contributed by atoms with Crippen LogP contribution >= 0.6 is 11.8 Å². The Morgan fingerprint density at radius 1 is 1.47 bits per heavy atom. The quantitative estimate of drug-likeness (QED) is 0.806. The van der Waals surface area contributed by atoms with E-state index < -0.39 is 6.04 Å². The molecule has 1 amide bonds. The summed E-state index contributed by atoms with van der Waals surface area (Å²) >= 11 is 1.66. The van der Waals surface area contributed by atoms with Crippen LogP contribution in [0.5, 0.6) is 0 Å². The third-order valence-electron chi connectivity index (χ3n) is 2.45. The van der Waals surface area contributed by atoms with E-state index in [0.717, 1.165) is 10.6 Å². The normalized spacial score (nSPS) is 12.2. The van der Waals surface area contributed by atoms with Gasteiger partial charge in [0.15, 0.2) is 0 Å². The molecule has 17 heavy (non-hydrogen) atoms. The zero-order valence-corrected chi connectivity index (χ0v) is 11.2. The lowest BCUT2D eigenvalue weighted by atomic mass is 10.2. The Bertz CT molecular complexity index is 367. The number of carbonyl (C=O) groups is 1. The smallest absolute Gasteiger partial charge is 0.246 e. The molecule has 1 unspecified atom stereocenters. The van der Waals surface area contributed by atoms with Gasteiger partial charge in [-0.05, 0) is 30.5 Å². The molecule has 0 bridgehead atoms. The monoisotopic (exact) mass is 254 g/mol. The van der Waals surface area contributed by atoms with Gasteiger partial charge < -0.3 is 15.4 Å². The molecule has 2 N–H and O–H groups in total. The Labute approximate surface area is 106 Å². The van der Waals surface area contributed by atoms with Crippen molar-refractivity contribution < 1.29 is 9.53 Å². The summed E-state index contributed by atoms with van der Waals surface area (Å²) in [5.41, 5.74) is 6.53. The summed E-state index contributed by atoms with van der Waals surface area (Å²) in [5.74, 6) is -0.149. The number of methoxy groups -OCH3 is 1. The number of benzene rings is 1. The number of hydrogen-bond acceptors (Lipinski definition) is 4. The van der Waals surface area contributed by atoms with Gasteiger partial charge >= 0.3 is 0 Å². The van der Waals surface area contributed by atoms with E-state index in [1.807, 2.05) is 30.5 Å².